The smallest absolute Gasteiger partial charge is 0.154 e. The summed E-state index contributed by atoms with van der Waals surface area (Å²) >= 11 is 1.49. The van der Waals surface area contributed by atoms with Crippen molar-refractivity contribution in [3.63, 3.8) is 0 Å². The van der Waals surface area contributed by atoms with E-state index in [1.54, 1.807) is 12.7 Å². The van der Waals surface area contributed by atoms with Gasteiger partial charge in [-0.15, -0.1) is 0 Å². The van der Waals surface area contributed by atoms with Gasteiger partial charge in [0, 0.05) is 25.2 Å². The minimum absolute atomic E-state index is 0.399. The molecule has 0 aliphatic heterocycles. The van der Waals surface area contributed by atoms with Gasteiger partial charge in [0.1, 0.15) is 39.2 Å². The van der Waals surface area contributed by atoms with Crippen molar-refractivity contribution in [1.82, 2.24) is 49.0 Å². The van der Waals surface area contributed by atoms with Gasteiger partial charge >= 0.3 is 0 Å². The van der Waals surface area contributed by atoms with Crippen LogP contribution in [0.25, 0.3) is 66.0 Å². The normalized spacial score (nSPS) is 11.1. The first kappa shape index (κ1) is 26.9. The van der Waals surface area contributed by atoms with Crippen molar-refractivity contribution in [1.29, 1.82) is 0 Å². The average Bonchev–Trinajstić information content (AvgIpc) is 3.83. The van der Waals surface area contributed by atoms with Gasteiger partial charge in [0.05, 0.1) is 40.9 Å². The third-order valence-corrected chi connectivity index (χ3v) is 8.07. The number of aromatic nitrogens is 10. The molecule has 0 atom stereocenters. The molecule has 12 nitrogen and oxygen atoms in total. The maximum atomic E-state index is 5.91. The standard InChI is InChI=1S/C16H14N6.C15H12N6S/c1-22-9-20-13(10-5-3-2-4-6-10)15(22)12-7-11-14(21-12)16(17)19-8-18-11;1-21-8-19-10(9-5-3-2-4-6-9)12(21)15-20-11-13(16)17-7-18-14(11)22-15/h2-9,21H,1H3,(H2,17,18,19);2-8H,1H3,(H2,16,17,18). The number of rotatable bonds is 4. The van der Waals surface area contributed by atoms with Gasteiger partial charge in [0.2, 0.25) is 0 Å². The molecule has 6 aromatic heterocycles. The van der Waals surface area contributed by atoms with Crippen molar-refractivity contribution in [3.05, 3.63) is 92.0 Å². The number of nitrogens with two attached hydrogens (primary N) is 2. The van der Waals surface area contributed by atoms with E-state index in [9.17, 15) is 0 Å². The van der Waals surface area contributed by atoms with Crippen molar-refractivity contribution in [2.75, 3.05) is 11.5 Å². The van der Waals surface area contributed by atoms with Crippen LogP contribution in [-0.4, -0.2) is 49.0 Å². The lowest BCUT2D eigenvalue weighted by atomic mass is 10.1. The van der Waals surface area contributed by atoms with Gasteiger partial charge in [-0.2, -0.15) is 0 Å². The van der Waals surface area contributed by atoms with Crippen LogP contribution in [-0.2, 0) is 14.1 Å². The van der Waals surface area contributed by atoms with Gasteiger partial charge < -0.3 is 25.6 Å². The summed E-state index contributed by atoms with van der Waals surface area (Å²) in [6.07, 6.45) is 6.52. The number of thiazole rings is 1. The quantitative estimate of drug-likeness (QED) is 0.242. The number of fused-ring (bicyclic) bond motifs is 2. The predicted octanol–water partition coefficient (Wildman–Crippen LogP) is 5.34. The number of imidazole rings is 2. The van der Waals surface area contributed by atoms with Crippen molar-refractivity contribution in [2.45, 2.75) is 0 Å². The van der Waals surface area contributed by atoms with Gasteiger partial charge in [-0.3, -0.25) is 0 Å². The summed E-state index contributed by atoms with van der Waals surface area (Å²) in [5.74, 6) is 0.843. The van der Waals surface area contributed by atoms with E-state index < -0.39 is 0 Å². The van der Waals surface area contributed by atoms with Crippen LogP contribution in [0.2, 0.25) is 0 Å². The molecule has 2 aromatic carbocycles. The summed E-state index contributed by atoms with van der Waals surface area (Å²) in [5.41, 5.74) is 20.8. The molecule has 216 valence electrons. The van der Waals surface area contributed by atoms with Crippen LogP contribution in [0.1, 0.15) is 0 Å². The van der Waals surface area contributed by atoms with E-state index in [2.05, 4.69) is 39.9 Å². The van der Waals surface area contributed by atoms with Gasteiger partial charge in [-0.05, 0) is 6.07 Å². The fraction of sp³-hybridized carbons (Fsp3) is 0.0645. The Morgan fingerprint density at radius 1 is 0.682 bits per heavy atom. The van der Waals surface area contributed by atoms with Crippen molar-refractivity contribution in [3.8, 4) is 44.6 Å². The summed E-state index contributed by atoms with van der Waals surface area (Å²) in [4.78, 5) is 34.2. The average molecular weight is 599 g/mol. The number of aromatic amines is 1. The molecule has 44 heavy (non-hydrogen) atoms. The van der Waals surface area contributed by atoms with Crippen LogP contribution < -0.4 is 11.5 Å². The molecule has 5 N–H and O–H groups in total. The Morgan fingerprint density at radius 2 is 1.27 bits per heavy atom. The molecule has 8 aromatic rings. The third-order valence-electron chi connectivity index (χ3n) is 7.10. The predicted molar refractivity (Wildman–Crippen MR) is 173 cm³/mol. The summed E-state index contributed by atoms with van der Waals surface area (Å²) in [6.45, 7) is 0. The molecule has 0 aliphatic rings. The maximum Gasteiger partial charge on any atom is 0.154 e. The maximum absolute atomic E-state index is 5.91. The van der Waals surface area contributed by atoms with Crippen LogP contribution in [0.15, 0.2) is 92.0 Å². The Kier molecular flexibility index (Phi) is 6.75. The molecule has 0 spiro atoms. The first-order valence-electron chi connectivity index (χ1n) is 13.6. The Balaban J connectivity index is 0.000000142. The van der Waals surface area contributed by atoms with E-state index >= 15 is 0 Å². The molecule has 0 amide bonds. The summed E-state index contributed by atoms with van der Waals surface area (Å²) < 4.78 is 3.94. The van der Waals surface area contributed by atoms with Crippen LogP contribution in [0.4, 0.5) is 11.6 Å². The number of hydrogen-bond donors (Lipinski definition) is 3. The topological polar surface area (TPSA) is 168 Å². The molecule has 0 unspecified atom stereocenters. The third kappa shape index (κ3) is 4.80. The molecule has 6 heterocycles. The molecule has 13 heteroatoms. The zero-order valence-electron chi connectivity index (χ0n) is 23.7. The van der Waals surface area contributed by atoms with Crippen LogP contribution in [0.5, 0.6) is 0 Å². The Hall–Kier alpha value is -5.95. The second kappa shape index (κ2) is 11.0. The molecule has 0 fully saturated rings. The molecule has 0 bridgehead atoms. The highest BCUT2D eigenvalue weighted by atomic mass is 32.1. The molecule has 0 saturated heterocycles. The zero-order chi connectivity index (χ0) is 30.2. The second-order valence-electron chi connectivity index (χ2n) is 9.97. The number of anilines is 2. The number of H-pyrrole nitrogens is 1. The van der Waals surface area contributed by atoms with E-state index in [0.717, 1.165) is 60.5 Å². The van der Waals surface area contributed by atoms with E-state index in [-0.39, 0.29) is 0 Å². The lowest BCUT2D eigenvalue weighted by Crippen LogP contribution is -1.93. The largest absolute Gasteiger partial charge is 0.382 e. The van der Waals surface area contributed by atoms with Gasteiger partial charge in [-0.1, -0.05) is 72.0 Å². The fourth-order valence-electron chi connectivity index (χ4n) is 5.00. The zero-order valence-corrected chi connectivity index (χ0v) is 24.6. The number of nitrogens with zero attached hydrogens (tertiary/aromatic N) is 9. The highest BCUT2D eigenvalue weighted by molar-refractivity contribution is 7.21. The van der Waals surface area contributed by atoms with E-state index in [4.69, 9.17) is 11.5 Å². The minimum atomic E-state index is 0.399. The van der Waals surface area contributed by atoms with Gasteiger partial charge in [0.15, 0.2) is 11.6 Å². The van der Waals surface area contributed by atoms with Crippen molar-refractivity contribution < 1.29 is 0 Å². The number of hydrogen-bond acceptors (Lipinski definition) is 10. The summed E-state index contributed by atoms with van der Waals surface area (Å²) in [5, 5.41) is 0.834. The first-order chi connectivity index (χ1) is 21.5. The highest BCUT2D eigenvalue weighted by Crippen LogP contribution is 2.36. The van der Waals surface area contributed by atoms with Gasteiger partial charge in [0.25, 0.3) is 0 Å². The Labute approximate surface area is 255 Å². The molecular formula is C31H26N12S. The van der Waals surface area contributed by atoms with E-state index in [1.807, 2.05) is 90.0 Å². The molecule has 8 rings (SSSR count). The van der Waals surface area contributed by atoms with Crippen molar-refractivity contribution >= 4 is 44.4 Å². The monoisotopic (exact) mass is 598 g/mol. The lowest BCUT2D eigenvalue weighted by molar-refractivity contribution is 0.918. The SMILES string of the molecule is Cn1cnc(-c2ccccc2)c1-c1cc2ncnc(N)c2[nH]1.Cn1cnc(-c2ccccc2)c1-c1nc2c(N)ncnc2s1. The minimum Gasteiger partial charge on any atom is -0.382 e. The van der Waals surface area contributed by atoms with Crippen LogP contribution in [0, 0.1) is 0 Å². The van der Waals surface area contributed by atoms with E-state index in [0.29, 0.717) is 17.2 Å². The van der Waals surface area contributed by atoms with Crippen LogP contribution >= 0.6 is 11.3 Å². The van der Waals surface area contributed by atoms with Crippen LogP contribution in [0.3, 0.4) is 0 Å². The second-order valence-corrected chi connectivity index (χ2v) is 10.9. The molecule has 0 radical (unpaired) electrons. The molecule has 0 saturated carbocycles. The van der Waals surface area contributed by atoms with Crippen molar-refractivity contribution in [2.24, 2.45) is 14.1 Å². The highest BCUT2D eigenvalue weighted by Gasteiger charge is 2.19. The number of nitrogen functional groups attached to an aromatic ring is 2. The lowest BCUT2D eigenvalue weighted by Gasteiger charge is -2.04. The number of benzene rings is 2. The summed E-state index contributed by atoms with van der Waals surface area (Å²) in [6, 6.07) is 22.1. The number of aryl methyl sites for hydroxylation is 2. The summed E-state index contributed by atoms with van der Waals surface area (Å²) in [7, 11) is 3.92. The Bertz CT molecular complexity index is 2070. The molecular weight excluding hydrogens is 572 g/mol. The fourth-order valence-corrected chi connectivity index (χ4v) is 6.01. The van der Waals surface area contributed by atoms with E-state index in [1.165, 1.54) is 24.0 Å². The first-order valence-corrected chi connectivity index (χ1v) is 14.4. The Morgan fingerprint density at radius 3 is 1.91 bits per heavy atom. The number of nitrogens with one attached hydrogen (secondary N) is 1. The molecule has 0 aliphatic carbocycles. The van der Waals surface area contributed by atoms with Gasteiger partial charge in [-0.25, -0.2) is 34.9 Å².